The van der Waals surface area contributed by atoms with E-state index in [9.17, 15) is 9.90 Å². The number of carbonyl (C=O) groups excluding carboxylic acids is 1. The van der Waals surface area contributed by atoms with Crippen molar-refractivity contribution in [1.29, 1.82) is 0 Å². The lowest BCUT2D eigenvalue weighted by Crippen LogP contribution is -2.38. The van der Waals surface area contributed by atoms with E-state index < -0.39 is 12.6 Å². The van der Waals surface area contributed by atoms with Crippen molar-refractivity contribution in [2.45, 2.75) is 31.7 Å². The zero-order valence-corrected chi connectivity index (χ0v) is 12.9. The van der Waals surface area contributed by atoms with Gasteiger partial charge in [0.25, 0.3) is 0 Å². The number of carboxylic acids is 1. The monoisotopic (exact) mass is 320 g/mol. The highest BCUT2D eigenvalue weighted by Gasteiger charge is 2.14. The van der Waals surface area contributed by atoms with Gasteiger partial charge in [-0.2, -0.15) is 5.10 Å². The van der Waals surface area contributed by atoms with Gasteiger partial charge >= 0.3 is 0 Å². The van der Waals surface area contributed by atoms with Crippen molar-refractivity contribution in [3.63, 3.8) is 0 Å². The molecule has 2 N–H and O–H groups in total. The van der Waals surface area contributed by atoms with Crippen molar-refractivity contribution in [3.05, 3.63) is 29.8 Å². The third-order valence-corrected chi connectivity index (χ3v) is 3.53. The summed E-state index contributed by atoms with van der Waals surface area (Å²) >= 11 is 5.17. The van der Waals surface area contributed by atoms with Gasteiger partial charge in [0.2, 0.25) is 0 Å². The van der Waals surface area contributed by atoms with Crippen molar-refractivity contribution in [2.24, 2.45) is 5.10 Å². The summed E-state index contributed by atoms with van der Waals surface area (Å²) in [6.07, 6.45) is 6.25. The van der Waals surface area contributed by atoms with E-state index in [0.29, 0.717) is 22.5 Å². The Kier molecular flexibility index (Phi) is 6.14. The van der Waals surface area contributed by atoms with E-state index in [-0.39, 0.29) is 0 Å². The molecule has 0 spiro atoms. The number of aliphatic carboxylic acids is 1. The number of rotatable bonds is 6. The number of thiocarbonyl (C=S) groups is 1. The summed E-state index contributed by atoms with van der Waals surface area (Å²) in [7, 11) is 0. The summed E-state index contributed by atoms with van der Waals surface area (Å²) in [4.78, 5) is 10.4. The first-order valence-corrected chi connectivity index (χ1v) is 7.57. The number of hydrogen-bond acceptors (Lipinski definition) is 5. The molecule has 0 aromatic heterocycles. The molecule has 0 heterocycles. The first-order chi connectivity index (χ1) is 10.6. The number of hydrogen-bond donors (Lipinski definition) is 2. The van der Waals surface area contributed by atoms with Gasteiger partial charge in [0.05, 0.1) is 12.2 Å². The van der Waals surface area contributed by atoms with Crippen LogP contribution in [-0.4, -0.2) is 29.9 Å². The largest absolute Gasteiger partial charge is 0.546 e. The highest BCUT2D eigenvalue weighted by atomic mass is 32.1. The molecule has 0 unspecified atom stereocenters. The van der Waals surface area contributed by atoms with Crippen molar-refractivity contribution >= 4 is 29.5 Å². The van der Waals surface area contributed by atoms with E-state index in [1.807, 2.05) is 6.07 Å². The molecule has 0 saturated heterocycles. The number of para-hydroxylation sites is 1. The fourth-order valence-electron chi connectivity index (χ4n) is 2.30. The van der Waals surface area contributed by atoms with Gasteiger partial charge in [0, 0.05) is 11.6 Å². The molecule has 1 aliphatic carbocycles. The maximum absolute atomic E-state index is 10.4. The van der Waals surface area contributed by atoms with Crippen LogP contribution < -0.4 is 20.6 Å². The van der Waals surface area contributed by atoms with E-state index >= 15 is 0 Å². The van der Waals surface area contributed by atoms with Crippen LogP contribution in [0, 0.1) is 0 Å². The minimum Gasteiger partial charge on any atom is -0.546 e. The van der Waals surface area contributed by atoms with Crippen molar-refractivity contribution < 1.29 is 14.6 Å². The molecule has 1 aliphatic rings. The molecule has 0 atom stereocenters. The van der Waals surface area contributed by atoms with Crippen molar-refractivity contribution in [2.75, 3.05) is 6.61 Å². The summed E-state index contributed by atoms with van der Waals surface area (Å²) < 4.78 is 5.13. The van der Waals surface area contributed by atoms with Gasteiger partial charge < -0.3 is 20.0 Å². The van der Waals surface area contributed by atoms with Crippen LogP contribution in [0.3, 0.4) is 0 Å². The Bertz CT molecular complexity index is 557. The highest BCUT2D eigenvalue weighted by Crippen LogP contribution is 2.17. The molecule has 0 radical (unpaired) electrons. The topological polar surface area (TPSA) is 85.8 Å². The third kappa shape index (κ3) is 5.33. The van der Waals surface area contributed by atoms with Crippen LogP contribution in [0.5, 0.6) is 5.75 Å². The molecule has 0 amide bonds. The minimum atomic E-state index is -1.27. The first-order valence-electron chi connectivity index (χ1n) is 7.16. The summed E-state index contributed by atoms with van der Waals surface area (Å²) in [6, 6.07) is 7.42. The fraction of sp³-hybridized carbons (Fsp3) is 0.400. The molecule has 22 heavy (non-hydrogen) atoms. The molecule has 118 valence electrons. The lowest BCUT2D eigenvalue weighted by Gasteiger charge is -2.13. The van der Waals surface area contributed by atoms with E-state index in [1.165, 1.54) is 19.1 Å². The number of nitrogens with zero attached hydrogens (tertiary/aromatic N) is 1. The summed E-state index contributed by atoms with van der Waals surface area (Å²) in [5.41, 5.74) is 3.41. The van der Waals surface area contributed by atoms with Crippen molar-refractivity contribution in [1.82, 2.24) is 10.7 Å². The van der Waals surface area contributed by atoms with Gasteiger partial charge in [-0.15, -0.1) is 0 Å². The molecule has 1 aromatic rings. The molecule has 7 heteroatoms. The molecule has 0 aliphatic heterocycles. The van der Waals surface area contributed by atoms with Gasteiger partial charge in [0.15, 0.2) is 5.11 Å². The zero-order chi connectivity index (χ0) is 15.8. The van der Waals surface area contributed by atoms with Crippen LogP contribution in [0.1, 0.15) is 31.2 Å². The van der Waals surface area contributed by atoms with E-state index in [4.69, 9.17) is 17.0 Å². The maximum atomic E-state index is 10.4. The van der Waals surface area contributed by atoms with Gasteiger partial charge in [-0.25, -0.2) is 0 Å². The number of ether oxygens (including phenoxy) is 1. The van der Waals surface area contributed by atoms with E-state index in [2.05, 4.69) is 15.8 Å². The number of carboxylic acid groups (broad SMARTS) is 1. The van der Waals surface area contributed by atoms with Gasteiger partial charge in [-0.05, 0) is 37.2 Å². The Morgan fingerprint density at radius 3 is 2.86 bits per heavy atom. The predicted octanol–water partition coefficient (Wildman–Crippen LogP) is 0.556. The predicted molar refractivity (Wildman–Crippen MR) is 85.7 cm³/mol. The molecule has 1 saturated carbocycles. The summed E-state index contributed by atoms with van der Waals surface area (Å²) in [6.45, 7) is -0.500. The zero-order valence-electron chi connectivity index (χ0n) is 12.1. The Morgan fingerprint density at radius 1 is 1.41 bits per heavy atom. The molecular weight excluding hydrogens is 302 g/mol. The van der Waals surface area contributed by atoms with Crippen LogP contribution >= 0.6 is 12.2 Å². The van der Waals surface area contributed by atoms with Crippen LogP contribution in [-0.2, 0) is 4.79 Å². The van der Waals surface area contributed by atoms with Gasteiger partial charge in [-0.1, -0.05) is 25.0 Å². The smallest absolute Gasteiger partial charge is 0.187 e. The van der Waals surface area contributed by atoms with Crippen LogP contribution in [0.25, 0.3) is 0 Å². The fourth-order valence-corrected chi connectivity index (χ4v) is 2.52. The quantitative estimate of drug-likeness (QED) is 0.452. The Balaban J connectivity index is 1.86. The SMILES string of the molecule is O=C([O-])COc1ccccc1/C=N\NC(=S)NC1CCCC1. The summed E-state index contributed by atoms with van der Waals surface area (Å²) in [5.74, 6) is -0.848. The molecule has 0 bridgehead atoms. The lowest BCUT2D eigenvalue weighted by molar-refractivity contribution is -0.307. The molecule has 2 rings (SSSR count). The molecule has 6 nitrogen and oxygen atoms in total. The van der Waals surface area contributed by atoms with Gasteiger partial charge in [0.1, 0.15) is 12.4 Å². The second-order valence-corrected chi connectivity index (χ2v) is 5.43. The Hall–Kier alpha value is -2.15. The number of carbonyl (C=O) groups is 1. The standard InChI is InChI=1S/C15H19N3O3S/c19-14(20)10-21-13-8-4-1-5-11(13)9-16-18-15(22)17-12-6-2-3-7-12/h1,4-5,8-9,12H,2-3,6-7,10H2,(H,19,20)(H2,17,18,22)/p-1/b16-9-. The first kappa shape index (κ1) is 16.2. The molecule has 1 aromatic carbocycles. The van der Waals surface area contributed by atoms with Crippen LogP contribution in [0.4, 0.5) is 0 Å². The molecule has 1 fully saturated rings. The normalized spacial score (nSPS) is 14.9. The second-order valence-electron chi connectivity index (χ2n) is 5.02. The lowest BCUT2D eigenvalue weighted by atomic mass is 10.2. The summed E-state index contributed by atoms with van der Waals surface area (Å²) in [5, 5.41) is 18.2. The average Bonchev–Trinajstić information content (AvgIpc) is 2.99. The maximum Gasteiger partial charge on any atom is 0.187 e. The van der Waals surface area contributed by atoms with Crippen molar-refractivity contribution in [3.8, 4) is 5.75 Å². The Labute approximate surface area is 134 Å². The third-order valence-electron chi connectivity index (χ3n) is 3.32. The van der Waals surface area contributed by atoms with Crippen LogP contribution in [0.2, 0.25) is 0 Å². The molecular formula is C15H18N3O3S-. The minimum absolute atomic E-state index is 0.423. The van der Waals surface area contributed by atoms with E-state index in [0.717, 1.165) is 12.8 Å². The van der Waals surface area contributed by atoms with Crippen LogP contribution in [0.15, 0.2) is 29.4 Å². The van der Waals surface area contributed by atoms with Gasteiger partial charge in [-0.3, -0.25) is 5.43 Å². The Morgan fingerprint density at radius 2 is 2.14 bits per heavy atom. The number of nitrogens with one attached hydrogen (secondary N) is 2. The highest BCUT2D eigenvalue weighted by molar-refractivity contribution is 7.80. The van der Waals surface area contributed by atoms with E-state index in [1.54, 1.807) is 18.2 Å². The number of hydrazone groups is 1. The average molecular weight is 320 g/mol. The number of benzene rings is 1. The second kappa shape index (κ2) is 8.33.